The SMILES string of the molecule is COc1cc(C(=O)OC[C@H]2OC(OC(=O)c3cc(Br)c(O)c(OC)c3)[C@H](OC(=O)c3cc(Br)c(O)c(OC)c3)[C@@H]2OC(=O)c2cc(Br)c(O)c(OC)c2)cc(Br)c1O. The van der Waals surface area contributed by atoms with Gasteiger partial charge in [-0.2, -0.15) is 0 Å². The van der Waals surface area contributed by atoms with Gasteiger partial charge in [0.05, 0.1) is 68.6 Å². The minimum absolute atomic E-state index is 0.0495. The Kier molecular flexibility index (Phi) is 14.3. The van der Waals surface area contributed by atoms with E-state index in [0.717, 1.165) is 18.2 Å². The van der Waals surface area contributed by atoms with E-state index in [0.29, 0.717) is 0 Å². The number of halogens is 4. The van der Waals surface area contributed by atoms with Gasteiger partial charge in [0.25, 0.3) is 0 Å². The first-order chi connectivity index (χ1) is 27.5. The Morgan fingerprint density at radius 3 is 1.16 bits per heavy atom. The molecule has 0 spiro atoms. The van der Waals surface area contributed by atoms with Crippen molar-refractivity contribution in [2.75, 3.05) is 35.0 Å². The predicted octanol–water partition coefficient (Wildman–Crippen LogP) is 6.78. The fraction of sp³-hybridized carbons (Fsp3) is 0.243. The molecular formula is C37H30Br4O17. The van der Waals surface area contributed by atoms with E-state index in [1.165, 1.54) is 58.8 Å². The summed E-state index contributed by atoms with van der Waals surface area (Å²) in [5, 5.41) is 41.2. The van der Waals surface area contributed by atoms with Gasteiger partial charge in [0, 0.05) is 0 Å². The lowest BCUT2D eigenvalue weighted by molar-refractivity contribution is -0.141. The molecule has 17 nitrogen and oxygen atoms in total. The number of esters is 4. The van der Waals surface area contributed by atoms with E-state index in [2.05, 4.69) is 63.7 Å². The van der Waals surface area contributed by atoms with Gasteiger partial charge in [0.2, 0.25) is 12.4 Å². The van der Waals surface area contributed by atoms with Gasteiger partial charge in [-0.15, -0.1) is 0 Å². The highest BCUT2D eigenvalue weighted by molar-refractivity contribution is 9.11. The first-order valence-corrected chi connectivity index (χ1v) is 19.4. The van der Waals surface area contributed by atoms with Crippen molar-refractivity contribution in [1.29, 1.82) is 0 Å². The lowest BCUT2D eigenvalue weighted by atomic mass is 10.1. The van der Waals surface area contributed by atoms with Gasteiger partial charge >= 0.3 is 23.9 Å². The first kappa shape index (κ1) is 44.1. The molecule has 0 aliphatic carbocycles. The van der Waals surface area contributed by atoms with Crippen molar-refractivity contribution in [2.24, 2.45) is 0 Å². The van der Waals surface area contributed by atoms with Gasteiger partial charge in [0.15, 0.2) is 52.1 Å². The van der Waals surface area contributed by atoms with Crippen molar-refractivity contribution in [3.8, 4) is 46.0 Å². The monoisotopic (exact) mass is 1060 g/mol. The van der Waals surface area contributed by atoms with Crippen molar-refractivity contribution in [1.82, 2.24) is 0 Å². The summed E-state index contributed by atoms with van der Waals surface area (Å²) in [4.78, 5) is 54.6. The predicted molar refractivity (Wildman–Crippen MR) is 212 cm³/mol. The van der Waals surface area contributed by atoms with Gasteiger partial charge in [0.1, 0.15) is 12.7 Å². The van der Waals surface area contributed by atoms with Crippen molar-refractivity contribution < 1.29 is 82.2 Å². The molecule has 21 heteroatoms. The van der Waals surface area contributed by atoms with E-state index in [1.54, 1.807) is 0 Å². The molecule has 1 fully saturated rings. The van der Waals surface area contributed by atoms with Crippen LogP contribution >= 0.6 is 63.7 Å². The highest BCUT2D eigenvalue weighted by Gasteiger charge is 2.53. The second-order valence-corrected chi connectivity index (χ2v) is 15.2. The van der Waals surface area contributed by atoms with Crippen LogP contribution in [0.2, 0.25) is 0 Å². The molecule has 0 bridgehead atoms. The maximum absolute atomic E-state index is 13.8. The molecule has 4 aromatic rings. The van der Waals surface area contributed by atoms with Crippen LogP contribution in [0.3, 0.4) is 0 Å². The number of phenolic OH excluding ortho intramolecular Hbond substituents is 4. The number of methoxy groups -OCH3 is 4. The Bertz CT molecular complexity index is 2270. The molecule has 1 aliphatic rings. The average molecular weight is 1070 g/mol. The number of rotatable bonds is 13. The van der Waals surface area contributed by atoms with Crippen LogP contribution in [0.1, 0.15) is 41.4 Å². The molecule has 308 valence electrons. The van der Waals surface area contributed by atoms with Crippen LogP contribution in [0.25, 0.3) is 0 Å². The number of carbonyl (C=O) groups is 4. The van der Waals surface area contributed by atoms with Crippen LogP contribution in [-0.2, 0) is 23.7 Å². The Hall–Kier alpha value is -4.96. The topological polar surface area (TPSA) is 232 Å². The summed E-state index contributed by atoms with van der Waals surface area (Å²) < 4.78 is 49.8. The number of carbonyl (C=O) groups excluding carboxylic acids is 4. The zero-order chi connectivity index (χ0) is 42.6. The van der Waals surface area contributed by atoms with E-state index in [1.807, 2.05) is 0 Å². The molecule has 4 aromatic carbocycles. The summed E-state index contributed by atoms with van der Waals surface area (Å²) in [5.74, 6) is -5.87. The number of phenols is 4. The van der Waals surface area contributed by atoms with Crippen molar-refractivity contribution >= 4 is 87.6 Å². The molecule has 4 atom stereocenters. The second kappa shape index (κ2) is 18.7. The van der Waals surface area contributed by atoms with Crippen molar-refractivity contribution in [3.63, 3.8) is 0 Å². The Balaban J connectivity index is 1.56. The Morgan fingerprint density at radius 1 is 0.500 bits per heavy atom. The molecule has 0 aromatic heterocycles. The van der Waals surface area contributed by atoms with E-state index in [9.17, 15) is 39.6 Å². The lowest BCUT2D eigenvalue weighted by Gasteiger charge is -2.24. The van der Waals surface area contributed by atoms with E-state index >= 15 is 0 Å². The largest absolute Gasteiger partial charge is 0.503 e. The average Bonchev–Trinajstić information content (AvgIpc) is 3.51. The number of aromatic hydroxyl groups is 4. The summed E-state index contributed by atoms with van der Waals surface area (Å²) in [7, 11) is 5.02. The van der Waals surface area contributed by atoms with Crippen LogP contribution in [0.5, 0.6) is 46.0 Å². The molecule has 0 saturated carbocycles. The quantitative estimate of drug-likeness (QED) is 0.0798. The van der Waals surface area contributed by atoms with E-state index < -0.39 is 55.1 Å². The first-order valence-electron chi connectivity index (χ1n) is 16.2. The molecule has 5 rings (SSSR count). The normalized spacial score (nSPS) is 17.2. The molecule has 0 radical (unpaired) electrons. The third kappa shape index (κ3) is 9.49. The molecule has 1 aliphatic heterocycles. The van der Waals surface area contributed by atoms with Gasteiger partial charge in [-0.3, -0.25) is 0 Å². The number of hydrogen-bond acceptors (Lipinski definition) is 17. The van der Waals surface area contributed by atoms with E-state index in [-0.39, 0.29) is 86.1 Å². The smallest absolute Gasteiger partial charge is 0.340 e. The summed E-state index contributed by atoms with van der Waals surface area (Å²) in [5.41, 5.74) is -0.604. The standard InChI is InChI=1S/C37H30Br4O17/c1-50-22-9-14(5-18(38)27(22)42)33(46)54-13-26-31(56-34(47)15-6-19(39)28(43)23(10-15)51-2)32(57-35(48)16-7-20(40)29(44)24(11-16)52-3)37(55-26)58-36(49)17-8-21(41)30(45)25(12-17)53-4/h5-12,26,31-32,37,42-45H,13H2,1-4H3/t26-,31-,32-,37?/m1/s1. The third-order valence-electron chi connectivity index (χ3n) is 8.29. The number of benzene rings is 4. The number of ether oxygens (including phenoxy) is 9. The lowest BCUT2D eigenvalue weighted by Crippen LogP contribution is -2.43. The molecule has 0 amide bonds. The van der Waals surface area contributed by atoms with Crippen LogP contribution in [0.4, 0.5) is 0 Å². The minimum Gasteiger partial charge on any atom is -0.503 e. The maximum Gasteiger partial charge on any atom is 0.340 e. The summed E-state index contributed by atoms with van der Waals surface area (Å²) in [6.07, 6.45) is -6.89. The van der Waals surface area contributed by atoms with E-state index in [4.69, 9.17) is 42.6 Å². The molecule has 1 saturated heterocycles. The molecule has 58 heavy (non-hydrogen) atoms. The highest BCUT2D eigenvalue weighted by atomic mass is 79.9. The van der Waals surface area contributed by atoms with Gasteiger partial charge in [-0.25, -0.2) is 19.2 Å². The van der Waals surface area contributed by atoms with Crippen LogP contribution < -0.4 is 18.9 Å². The second-order valence-electron chi connectivity index (χ2n) is 11.8. The Labute approximate surface area is 362 Å². The summed E-state index contributed by atoms with van der Waals surface area (Å²) >= 11 is 12.6. The van der Waals surface area contributed by atoms with Crippen LogP contribution in [0.15, 0.2) is 66.4 Å². The fourth-order valence-corrected chi connectivity index (χ4v) is 7.14. The van der Waals surface area contributed by atoms with Gasteiger partial charge in [-0.1, -0.05) is 0 Å². The third-order valence-corrected chi connectivity index (χ3v) is 10.7. The summed E-state index contributed by atoms with van der Waals surface area (Å²) in [6, 6.07) is 9.59. The minimum atomic E-state index is -1.87. The molecule has 4 N–H and O–H groups in total. The number of hydrogen-bond donors (Lipinski definition) is 4. The van der Waals surface area contributed by atoms with Gasteiger partial charge in [-0.05, 0) is 112 Å². The molecule has 1 heterocycles. The highest BCUT2D eigenvalue weighted by Crippen LogP contribution is 2.40. The maximum atomic E-state index is 13.8. The summed E-state index contributed by atoms with van der Waals surface area (Å²) in [6.45, 7) is -0.709. The van der Waals surface area contributed by atoms with Crippen LogP contribution in [-0.4, -0.2) is 104 Å². The van der Waals surface area contributed by atoms with Crippen LogP contribution in [0, 0.1) is 0 Å². The molecule has 1 unspecified atom stereocenters. The zero-order valence-electron chi connectivity index (χ0n) is 30.2. The Morgan fingerprint density at radius 2 is 0.810 bits per heavy atom. The van der Waals surface area contributed by atoms with Gasteiger partial charge < -0.3 is 63.1 Å². The zero-order valence-corrected chi connectivity index (χ0v) is 36.6. The van der Waals surface area contributed by atoms with Crippen molar-refractivity contribution in [3.05, 3.63) is 88.7 Å². The molecular weight excluding hydrogens is 1040 g/mol. The fourth-order valence-electron chi connectivity index (χ4n) is 5.38. The van der Waals surface area contributed by atoms with Crippen molar-refractivity contribution in [2.45, 2.75) is 24.6 Å².